The fourth-order valence-electron chi connectivity index (χ4n) is 1.30. The van der Waals surface area contributed by atoms with Crippen molar-refractivity contribution < 1.29 is 4.92 Å². The van der Waals surface area contributed by atoms with Gasteiger partial charge in [-0.15, -0.1) is 0 Å². The van der Waals surface area contributed by atoms with Crippen molar-refractivity contribution in [3.63, 3.8) is 0 Å². The fourth-order valence-corrected chi connectivity index (χ4v) is 2.87. The van der Waals surface area contributed by atoms with E-state index in [4.69, 9.17) is 0 Å². The molecule has 2 aromatic rings. The van der Waals surface area contributed by atoms with Gasteiger partial charge >= 0.3 is 0 Å². The van der Waals surface area contributed by atoms with Crippen LogP contribution in [0.4, 0.5) is 5.69 Å². The summed E-state index contributed by atoms with van der Waals surface area (Å²) in [6.45, 7) is 0. The topological polar surface area (TPSA) is 61.0 Å². The van der Waals surface area contributed by atoms with E-state index in [0.29, 0.717) is 8.95 Å². The van der Waals surface area contributed by atoms with Gasteiger partial charge in [0.15, 0.2) is 0 Å². The highest BCUT2D eigenvalue weighted by Crippen LogP contribution is 2.33. The lowest BCUT2D eigenvalue weighted by atomic mass is 10.3. The first-order valence-corrected chi connectivity index (χ1v) is 5.80. The molecule has 0 N–H and O–H groups in total. The average Bonchev–Trinajstić information content (AvgIpc) is 2.69. The van der Waals surface area contributed by atoms with E-state index in [9.17, 15) is 10.1 Å². The number of rotatable bonds is 2. The largest absolute Gasteiger partial charge is 0.304 e. The van der Waals surface area contributed by atoms with E-state index in [-0.39, 0.29) is 5.69 Å². The van der Waals surface area contributed by atoms with Gasteiger partial charge in [0.1, 0.15) is 0 Å². The predicted octanol–water partition coefficient (Wildman–Crippen LogP) is 3.31. The fraction of sp³-hybridized carbons (Fsp3) is 0. The summed E-state index contributed by atoms with van der Waals surface area (Å²) in [5.74, 6) is 0. The first-order valence-electron chi connectivity index (χ1n) is 4.21. The molecule has 0 amide bonds. The highest BCUT2D eigenvalue weighted by Gasteiger charge is 2.14. The van der Waals surface area contributed by atoms with Crippen molar-refractivity contribution in [2.75, 3.05) is 0 Å². The average molecular weight is 347 g/mol. The van der Waals surface area contributed by atoms with Crippen molar-refractivity contribution >= 4 is 37.5 Å². The van der Waals surface area contributed by atoms with Crippen molar-refractivity contribution in [2.45, 2.75) is 0 Å². The van der Waals surface area contributed by atoms with Crippen molar-refractivity contribution in [2.24, 2.45) is 0 Å². The van der Waals surface area contributed by atoms with Crippen LogP contribution in [0.15, 0.2) is 39.8 Å². The molecule has 2 rings (SSSR count). The molecule has 0 radical (unpaired) electrons. The summed E-state index contributed by atoms with van der Waals surface area (Å²) in [5.41, 5.74) is 0.811. The summed E-state index contributed by atoms with van der Waals surface area (Å²) in [5, 5.41) is 10.6. The molecule has 16 heavy (non-hydrogen) atoms. The van der Waals surface area contributed by atoms with Gasteiger partial charge in [-0.1, -0.05) is 0 Å². The zero-order chi connectivity index (χ0) is 11.7. The molecule has 0 aliphatic carbocycles. The molecule has 0 atom stereocenters. The summed E-state index contributed by atoms with van der Waals surface area (Å²) < 4.78 is 3.02. The molecule has 0 saturated heterocycles. The number of benzene rings is 1. The van der Waals surface area contributed by atoms with Crippen LogP contribution in [0.5, 0.6) is 0 Å². The molecule has 0 unspecified atom stereocenters. The second kappa shape index (κ2) is 4.34. The Morgan fingerprint density at radius 3 is 2.38 bits per heavy atom. The third-order valence-electron chi connectivity index (χ3n) is 1.98. The first kappa shape index (κ1) is 11.3. The number of non-ortho nitro benzene ring substituents is 1. The second-order valence-corrected chi connectivity index (χ2v) is 4.69. The summed E-state index contributed by atoms with van der Waals surface area (Å²) >= 11 is 6.61. The minimum absolute atomic E-state index is 0.0302. The highest BCUT2D eigenvalue weighted by atomic mass is 79.9. The number of imidazole rings is 1. The first-order chi connectivity index (χ1) is 7.59. The number of aromatic nitrogens is 2. The molecule has 0 saturated carbocycles. The van der Waals surface area contributed by atoms with E-state index in [1.54, 1.807) is 23.3 Å². The van der Waals surface area contributed by atoms with Crippen LogP contribution in [0, 0.1) is 10.1 Å². The van der Waals surface area contributed by atoms with Crippen LogP contribution >= 0.6 is 31.9 Å². The minimum Gasteiger partial charge on any atom is -0.304 e. The van der Waals surface area contributed by atoms with E-state index in [0.717, 1.165) is 5.69 Å². The van der Waals surface area contributed by atoms with Crippen LogP contribution in [-0.4, -0.2) is 14.5 Å². The molecular weight excluding hydrogens is 342 g/mol. The van der Waals surface area contributed by atoms with E-state index < -0.39 is 4.92 Å². The van der Waals surface area contributed by atoms with Crippen molar-refractivity contribution in [1.82, 2.24) is 9.55 Å². The van der Waals surface area contributed by atoms with E-state index >= 15 is 0 Å². The van der Waals surface area contributed by atoms with Gasteiger partial charge in [0, 0.05) is 33.5 Å². The Morgan fingerprint density at radius 2 is 1.94 bits per heavy atom. The third kappa shape index (κ3) is 2.00. The number of hydrogen-bond acceptors (Lipinski definition) is 3. The summed E-state index contributed by atoms with van der Waals surface area (Å²) in [4.78, 5) is 14.1. The smallest absolute Gasteiger partial charge is 0.271 e. The minimum atomic E-state index is -0.437. The monoisotopic (exact) mass is 345 g/mol. The lowest BCUT2D eigenvalue weighted by Gasteiger charge is -2.07. The van der Waals surface area contributed by atoms with E-state index in [1.807, 2.05) is 0 Å². The second-order valence-electron chi connectivity index (χ2n) is 2.99. The molecule has 1 aromatic heterocycles. The van der Waals surface area contributed by atoms with Crippen LogP contribution < -0.4 is 0 Å². The Morgan fingerprint density at radius 1 is 1.31 bits per heavy atom. The van der Waals surface area contributed by atoms with Crippen molar-refractivity contribution in [1.29, 1.82) is 0 Å². The van der Waals surface area contributed by atoms with Crippen LogP contribution in [0.1, 0.15) is 0 Å². The van der Waals surface area contributed by atoms with Crippen LogP contribution in [-0.2, 0) is 0 Å². The van der Waals surface area contributed by atoms with Crippen molar-refractivity contribution in [3.05, 3.63) is 49.9 Å². The standard InChI is InChI=1S/C9H5Br2N3O2/c10-7-3-6(14(15)16)4-8(11)9(7)13-2-1-12-5-13/h1-5H. The predicted molar refractivity (Wildman–Crippen MR) is 65.6 cm³/mol. The van der Waals surface area contributed by atoms with Gasteiger partial charge in [0.25, 0.3) is 5.69 Å². The summed E-state index contributed by atoms with van der Waals surface area (Å²) in [6.07, 6.45) is 5.02. The molecule has 1 aromatic carbocycles. The number of halogens is 2. The number of nitro groups is 1. The highest BCUT2D eigenvalue weighted by molar-refractivity contribution is 9.11. The van der Waals surface area contributed by atoms with Gasteiger partial charge in [-0.3, -0.25) is 10.1 Å². The van der Waals surface area contributed by atoms with Gasteiger partial charge in [-0.2, -0.15) is 0 Å². The maximum atomic E-state index is 10.6. The Bertz CT molecular complexity index is 517. The zero-order valence-corrected chi connectivity index (χ0v) is 11.0. The summed E-state index contributed by atoms with van der Waals surface area (Å²) in [6, 6.07) is 2.92. The zero-order valence-electron chi connectivity index (χ0n) is 7.80. The third-order valence-corrected chi connectivity index (χ3v) is 3.18. The lowest BCUT2D eigenvalue weighted by molar-refractivity contribution is -0.385. The van der Waals surface area contributed by atoms with Crippen LogP contribution in [0.25, 0.3) is 5.69 Å². The molecule has 0 fully saturated rings. The van der Waals surface area contributed by atoms with Crippen LogP contribution in [0.2, 0.25) is 0 Å². The van der Waals surface area contributed by atoms with Gasteiger partial charge in [0.05, 0.1) is 16.9 Å². The SMILES string of the molecule is O=[N+]([O-])c1cc(Br)c(-n2ccnc2)c(Br)c1. The van der Waals surface area contributed by atoms with Crippen LogP contribution in [0.3, 0.4) is 0 Å². The molecule has 0 spiro atoms. The normalized spacial score (nSPS) is 10.4. The van der Waals surface area contributed by atoms with Gasteiger partial charge in [-0.25, -0.2) is 4.98 Å². The Hall–Kier alpha value is -1.21. The quantitative estimate of drug-likeness (QED) is 0.619. The molecule has 1 heterocycles. The number of nitro benzene ring substituents is 1. The lowest BCUT2D eigenvalue weighted by Crippen LogP contribution is -1.96. The molecule has 0 aliphatic rings. The Kier molecular flexibility index (Phi) is 3.06. The van der Waals surface area contributed by atoms with E-state index in [1.165, 1.54) is 12.1 Å². The van der Waals surface area contributed by atoms with Gasteiger partial charge in [0.2, 0.25) is 0 Å². The molecule has 0 aliphatic heterocycles. The molecular formula is C9H5Br2N3O2. The van der Waals surface area contributed by atoms with Gasteiger partial charge < -0.3 is 4.57 Å². The Labute approximate surface area is 108 Å². The number of nitrogens with zero attached hydrogens (tertiary/aromatic N) is 3. The van der Waals surface area contributed by atoms with Gasteiger partial charge in [-0.05, 0) is 31.9 Å². The van der Waals surface area contributed by atoms with Crippen molar-refractivity contribution in [3.8, 4) is 5.69 Å². The molecule has 82 valence electrons. The van der Waals surface area contributed by atoms with E-state index in [2.05, 4.69) is 36.8 Å². The Balaban J connectivity index is 2.61. The molecule has 7 heteroatoms. The maximum Gasteiger partial charge on any atom is 0.271 e. The summed E-state index contributed by atoms with van der Waals surface area (Å²) in [7, 11) is 0. The number of hydrogen-bond donors (Lipinski definition) is 0. The molecule has 5 nitrogen and oxygen atoms in total. The molecule has 0 bridgehead atoms. The maximum absolute atomic E-state index is 10.6.